The van der Waals surface area contributed by atoms with E-state index in [1.165, 1.54) is 16.6 Å². The Morgan fingerprint density at radius 1 is 1.12 bits per heavy atom. The minimum absolute atomic E-state index is 0.120. The van der Waals surface area contributed by atoms with E-state index in [9.17, 15) is 13.2 Å². The largest absolute Gasteiger partial charge is 0.382 e. The van der Waals surface area contributed by atoms with Crippen molar-refractivity contribution in [2.75, 3.05) is 18.4 Å². The van der Waals surface area contributed by atoms with Crippen LogP contribution in [0.4, 0.5) is 5.69 Å². The molecule has 0 unspecified atom stereocenters. The SMILES string of the molecule is CN(C)/C=C1/C(=O)c2ccc(Cl)cc2N(Cc2ccccc2)S1(=O)=O. The molecule has 1 aliphatic heterocycles. The number of nitrogens with zero attached hydrogens (tertiary/aromatic N) is 2. The van der Waals surface area contributed by atoms with E-state index >= 15 is 0 Å². The Morgan fingerprint density at radius 2 is 1.80 bits per heavy atom. The fraction of sp³-hybridized carbons (Fsp3) is 0.167. The second-order valence-electron chi connectivity index (χ2n) is 5.94. The molecule has 0 aliphatic carbocycles. The van der Waals surface area contributed by atoms with Crippen LogP contribution in [0.3, 0.4) is 0 Å². The molecule has 0 atom stereocenters. The first kappa shape index (κ1) is 17.5. The van der Waals surface area contributed by atoms with Crippen LogP contribution >= 0.6 is 11.6 Å². The third-order valence-electron chi connectivity index (χ3n) is 3.81. The molecule has 25 heavy (non-hydrogen) atoms. The Bertz CT molecular complexity index is 954. The molecule has 3 rings (SSSR count). The highest BCUT2D eigenvalue weighted by molar-refractivity contribution is 7.97. The molecular formula is C18H17ClN2O3S. The lowest BCUT2D eigenvalue weighted by molar-refractivity contribution is 0.104. The molecule has 7 heteroatoms. The van der Waals surface area contributed by atoms with Crippen molar-refractivity contribution in [1.29, 1.82) is 0 Å². The van der Waals surface area contributed by atoms with Gasteiger partial charge in [-0.3, -0.25) is 9.10 Å². The maximum Gasteiger partial charge on any atom is 0.270 e. The lowest BCUT2D eigenvalue weighted by Gasteiger charge is -2.31. The van der Waals surface area contributed by atoms with E-state index in [-0.39, 0.29) is 11.4 Å². The molecule has 0 spiro atoms. The van der Waals surface area contributed by atoms with Gasteiger partial charge < -0.3 is 4.90 Å². The van der Waals surface area contributed by atoms with E-state index in [0.29, 0.717) is 16.3 Å². The number of rotatable bonds is 3. The predicted octanol–water partition coefficient (Wildman–Crippen LogP) is 3.28. The summed E-state index contributed by atoms with van der Waals surface area (Å²) < 4.78 is 27.4. The number of anilines is 1. The third kappa shape index (κ3) is 3.27. The van der Waals surface area contributed by atoms with Crippen molar-refractivity contribution < 1.29 is 13.2 Å². The summed E-state index contributed by atoms with van der Waals surface area (Å²) in [5.74, 6) is -0.523. The Labute approximate surface area is 152 Å². The second kappa shape index (κ2) is 6.54. The Hall–Kier alpha value is -2.31. The monoisotopic (exact) mass is 376 g/mol. The van der Waals surface area contributed by atoms with Gasteiger partial charge >= 0.3 is 0 Å². The van der Waals surface area contributed by atoms with Crippen LogP contribution in [0, 0.1) is 0 Å². The number of hydrogen-bond donors (Lipinski definition) is 0. The van der Waals surface area contributed by atoms with Gasteiger partial charge in [0.2, 0.25) is 5.78 Å². The average Bonchev–Trinajstić information content (AvgIpc) is 2.56. The Balaban J connectivity index is 2.22. The number of hydrogen-bond acceptors (Lipinski definition) is 4. The summed E-state index contributed by atoms with van der Waals surface area (Å²) in [6.07, 6.45) is 1.34. The molecule has 130 valence electrons. The van der Waals surface area contributed by atoms with Crippen molar-refractivity contribution in [3.63, 3.8) is 0 Å². The van der Waals surface area contributed by atoms with Crippen molar-refractivity contribution in [3.05, 3.63) is 75.8 Å². The number of benzene rings is 2. The quantitative estimate of drug-likeness (QED) is 0.771. The number of ketones is 1. The van der Waals surface area contributed by atoms with Crippen LogP contribution in [0.5, 0.6) is 0 Å². The van der Waals surface area contributed by atoms with Gasteiger partial charge in [-0.05, 0) is 23.8 Å². The van der Waals surface area contributed by atoms with Crippen molar-refractivity contribution in [2.24, 2.45) is 0 Å². The molecule has 0 N–H and O–H groups in total. The van der Waals surface area contributed by atoms with Crippen molar-refractivity contribution in [1.82, 2.24) is 4.90 Å². The molecule has 0 saturated carbocycles. The Morgan fingerprint density at radius 3 is 2.44 bits per heavy atom. The maximum atomic E-state index is 13.1. The molecular weight excluding hydrogens is 360 g/mol. The molecule has 0 bridgehead atoms. The zero-order chi connectivity index (χ0) is 18.2. The van der Waals surface area contributed by atoms with E-state index in [4.69, 9.17) is 11.6 Å². The fourth-order valence-electron chi connectivity index (χ4n) is 2.68. The molecule has 1 heterocycles. The summed E-state index contributed by atoms with van der Waals surface area (Å²) >= 11 is 6.05. The highest BCUT2D eigenvalue weighted by atomic mass is 35.5. The number of fused-ring (bicyclic) bond motifs is 1. The molecule has 0 saturated heterocycles. The van der Waals surface area contributed by atoms with E-state index in [2.05, 4.69) is 0 Å². The normalized spacial score (nSPS) is 17.5. The number of carbonyl (C=O) groups is 1. The van der Waals surface area contributed by atoms with Crippen molar-refractivity contribution >= 4 is 33.1 Å². The molecule has 0 fully saturated rings. The van der Waals surface area contributed by atoms with E-state index < -0.39 is 15.8 Å². The van der Waals surface area contributed by atoms with Gasteiger partial charge in [0.1, 0.15) is 0 Å². The number of Topliss-reactive ketones (excluding diaryl/α,β-unsaturated/α-hetero) is 1. The van der Waals surface area contributed by atoms with E-state index in [0.717, 1.165) is 5.56 Å². The summed E-state index contributed by atoms with van der Waals surface area (Å²) in [5.41, 5.74) is 1.44. The topological polar surface area (TPSA) is 57.7 Å². The second-order valence-corrected chi connectivity index (χ2v) is 8.21. The van der Waals surface area contributed by atoms with Gasteiger partial charge in [-0.1, -0.05) is 41.9 Å². The zero-order valence-corrected chi connectivity index (χ0v) is 15.4. The molecule has 0 aromatic heterocycles. The molecule has 5 nitrogen and oxygen atoms in total. The first-order valence-electron chi connectivity index (χ1n) is 7.60. The Kier molecular flexibility index (Phi) is 4.58. The molecule has 0 amide bonds. The van der Waals surface area contributed by atoms with Crippen LogP contribution in [-0.2, 0) is 16.6 Å². The molecule has 2 aromatic rings. The van der Waals surface area contributed by atoms with Gasteiger partial charge in [0.25, 0.3) is 10.0 Å². The molecule has 2 aromatic carbocycles. The summed E-state index contributed by atoms with van der Waals surface area (Å²) in [6.45, 7) is 0.120. The van der Waals surface area contributed by atoms with E-state index in [1.807, 2.05) is 30.3 Å². The minimum Gasteiger partial charge on any atom is -0.382 e. The van der Waals surface area contributed by atoms with Gasteiger partial charge in [-0.15, -0.1) is 0 Å². The molecule has 1 aliphatic rings. The van der Waals surface area contributed by atoms with Crippen LogP contribution in [0.15, 0.2) is 59.6 Å². The number of allylic oxidation sites excluding steroid dienone is 1. The average molecular weight is 377 g/mol. The first-order chi connectivity index (χ1) is 11.8. The van der Waals surface area contributed by atoms with Gasteiger partial charge in [0.05, 0.1) is 12.2 Å². The van der Waals surface area contributed by atoms with Crippen molar-refractivity contribution in [3.8, 4) is 0 Å². The summed E-state index contributed by atoms with van der Waals surface area (Å²) in [4.78, 5) is 14.0. The van der Waals surface area contributed by atoms with Gasteiger partial charge in [-0.25, -0.2) is 8.42 Å². The molecule has 0 radical (unpaired) electrons. The summed E-state index contributed by atoms with van der Waals surface area (Å²) in [5, 5.41) is 0.375. The summed E-state index contributed by atoms with van der Waals surface area (Å²) in [7, 11) is -0.642. The third-order valence-corrected chi connectivity index (χ3v) is 5.80. The van der Waals surface area contributed by atoms with Crippen molar-refractivity contribution in [2.45, 2.75) is 6.54 Å². The van der Waals surface area contributed by atoms with Crippen LogP contribution in [0.25, 0.3) is 0 Å². The summed E-state index contributed by atoms with van der Waals surface area (Å²) in [6, 6.07) is 13.9. The lowest BCUT2D eigenvalue weighted by atomic mass is 10.1. The van der Waals surface area contributed by atoms with Crippen LogP contribution in [0.2, 0.25) is 5.02 Å². The fourth-order valence-corrected chi connectivity index (χ4v) is 4.50. The number of carbonyl (C=O) groups excluding carboxylic acids is 1. The minimum atomic E-state index is -3.99. The standard InChI is InChI=1S/C18H17ClN2O3S/c1-20(2)12-17-18(22)15-9-8-14(19)10-16(15)21(25(17,23)24)11-13-6-4-3-5-7-13/h3-10,12H,11H2,1-2H3/b17-12-. The van der Waals surface area contributed by atoms with Crippen LogP contribution < -0.4 is 4.31 Å². The number of sulfonamides is 1. The van der Waals surface area contributed by atoms with Gasteiger partial charge in [-0.2, -0.15) is 0 Å². The first-order valence-corrected chi connectivity index (χ1v) is 9.41. The predicted molar refractivity (Wildman–Crippen MR) is 99.1 cm³/mol. The zero-order valence-electron chi connectivity index (χ0n) is 13.8. The van der Waals surface area contributed by atoms with Crippen LogP contribution in [-0.4, -0.2) is 33.2 Å². The highest BCUT2D eigenvalue weighted by Crippen LogP contribution is 2.37. The smallest absolute Gasteiger partial charge is 0.270 e. The van der Waals surface area contributed by atoms with Crippen LogP contribution in [0.1, 0.15) is 15.9 Å². The van der Waals surface area contributed by atoms with Gasteiger partial charge in [0, 0.05) is 30.9 Å². The number of halogens is 1. The van der Waals surface area contributed by atoms with E-state index in [1.54, 1.807) is 31.1 Å². The van der Waals surface area contributed by atoms with Gasteiger partial charge in [0.15, 0.2) is 4.91 Å². The maximum absolute atomic E-state index is 13.1. The highest BCUT2D eigenvalue weighted by Gasteiger charge is 2.40. The lowest BCUT2D eigenvalue weighted by Crippen LogP contribution is -2.39.